The van der Waals surface area contributed by atoms with E-state index in [2.05, 4.69) is 0 Å². The van der Waals surface area contributed by atoms with Crippen LogP contribution in [0.2, 0.25) is 0 Å². The first-order valence-corrected chi connectivity index (χ1v) is 7.49. The zero-order chi connectivity index (χ0) is 15.9. The lowest BCUT2D eigenvalue weighted by atomic mass is 9.98. The summed E-state index contributed by atoms with van der Waals surface area (Å²) in [5.74, 6) is -0.123. The number of likely N-dealkylation sites (tertiary alicyclic amines) is 1. The Bertz CT molecular complexity index is 536. The number of halogens is 1. The third-order valence-corrected chi connectivity index (χ3v) is 3.74. The number of nitrogens with two attached hydrogens (primary N) is 1. The number of nitrogens with zero attached hydrogens (tertiary/aromatic N) is 1. The van der Waals surface area contributed by atoms with Gasteiger partial charge in [0.05, 0.1) is 6.61 Å². The van der Waals surface area contributed by atoms with Gasteiger partial charge in [0.15, 0.2) is 0 Å². The molecule has 0 radical (unpaired) electrons. The largest absolute Gasteiger partial charge is 0.493 e. The molecule has 2 rings (SSSR count). The first-order valence-electron chi connectivity index (χ1n) is 7.49. The fourth-order valence-electron chi connectivity index (χ4n) is 2.59. The van der Waals surface area contributed by atoms with Gasteiger partial charge in [0, 0.05) is 37.9 Å². The highest BCUT2D eigenvalue weighted by atomic mass is 19.1. The number of amides is 2. The van der Waals surface area contributed by atoms with Crippen molar-refractivity contribution in [2.75, 3.05) is 19.7 Å². The van der Waals surface area contributed by atoms with E-state index in [1.54, 1.807) is 17.0 Å². The van der Waals surface area contributed by atoms with Crippen LogP contribution in [-0.2, 0) is 9.59 Å². The molecule has 0 aromatic heterocycles. The van der Waals surface area contributed by atoms with Crippen molar-refractivity contribution in [2.45, 2.75) is 25.7 Å². The van der Waals surface area contributed by atoms with Gasteiger partial charge in [0.25, 0.3) is 0 Å². The number of carbonyl (C=O) groups excluding carboxylic acids is 2. The lowest BCUT2D eigenvalue weighted by Crippen LogP contribution is -2.41. The Labute approximate surface area is 129 Å². The molecule has 1 aliphatic rings. The minimum Gasteiger partial charge on any atom is -0.493 e. The predicted octanol–water partition coefficient (Wildman–Crippen LogP) is 1.71. The van der Waals surface area contributed by atoms with Crippen molar-refractivity contribution in [2.24, 2.45) is 11.7 Å². The van der Waals surface area contributed by atoms with Crippen molar-refractivity contribution in [3.8, 4) is 5.75 Å². The molecule has 1 heterocycles. The van der Waals surface area contributed by atoms with Crippen molar-refractivity contribution >= 4 is 11.8 Å². The van der Waals surface area contributed by atoms with Crippen molar-refractivity contribution in [1.82, 2.24) is 4.90 Å². The average Bonchev–Trinajstić information content (AvgIpc) is 2.51. The van der Waals surface area contributed by atoms with Crippen molar-refractivity contribution in [3.63, 3.8) is 0 Å². The highest BCUT2D eigenvalue weighted by Crippen LogP contribution is 2.20. The summed E-state index contributed by atoms with van der Waals surface area (Å²) >= 11 is 0. The second-order valence-electron chi connectivity index (χ2n) is 5.58. The molecule has 1 aromatic carbocycles. The van der Waals surface area contributed by atoms with Gasteiger partial charge in [-0.15, -0.1) is 0 Å². The number of carbonyl (C=O) groups is 2. The molecule has 0 spiro atoms. The topological polar surface area (TPSA) is 72.6 Å². The minimum atomic E-state index is -0.462. The Morgan fingerprint density at radius 2 is 2.18 bits per heavy atom. The molecule has 1 unspecified atom stereocenters. The number of primary amides is 1. The van der Waals surface area contributed by atoms with Crippen LogP contribution < -0.4 is 10.5 Å². The molecule has 22 heavy (non-hydrogen) atoms. The van der Waals surface area contributed by atoms with Gasteiger partial charge in [-0.2, -0.15) is 0 Å². The zero-order valence-electron chi connectivity index (χ0n) is 12.5. The van der Waals surface area contributed by atoms with E-state index in [4.69, 9.17) is 10.5 Å². The predicted molar refractivity (Wildman–Crippen MR) is 79.6 cm³/mol. The monoisotopic (exact) mass is 308 g/mol. The highest BCUT2D eigenvalue weighted by molar-refractivity contribution is 5.82. The van der Waals surface area contributed by atoms with Crippen LogP contribution in [0.3, 0.4) is 0 Å². The lowest BCUT2D eigenvalue weighted by Gasteiger charge is -2.32. The normalized spacial score (nSPS) is 18.0. The van der Waals surface area contributed by atoms with E-state index in [-0.39, 0.29) is 30.5 Å². The number of piperidine rings is 1. The number of ether oxygens (including phenoxy) is 1. The Morgan fingerprint density at radius 1 is 1.36 bits per heavy atom. The van der Waals surface area contributed by atoms with Crippen LogP contribution in [0.25, 0.3) is 0 Å². The summed E-state index contributed by atoms with van der Waals surface area (Å²) in [5.41, 5.74) is 5.06. The Balaban J connectivity index is 1.80. The van der Waals surface area contributed by atoms with Crippen LogP contribution in [0.15, 0.2) is 24.3 Å². The third kappa shape index (κ3) is 5.02. The van der Waals surface area contributed by atoms with Crippen LogP contribution in [-0.4, -0.2) is 36.4 Å². The van der Waals surface area contributed by atoms with Gasteiger partial charge in [-0.1, -0.05) is 6.07 Å². The highest BCUT2D eigenvalue weighted by Gasteiger charge is 2.24. The second kappa shape index (κ2) is 7.77. The molecule has 1 aliphatic heterocycles. The summed E-state index contributed by atoms with van der Waals surface area (Å²) in [6, 6.07) is 6.03. The Kier molecular flexibility index (Phi) is 5.75. The smallest absolute Gasteiger partial charge is 0.223 e. The number of rotatable bonds is 6. The molecule has 2 amide bonds. The van der Waals surface area contributed by atoms with Crippen LogP contribution in [0.4, 0.5) is 4.39 Å². The maximum atomic E-state index is 13.1. The van der Waals surface area contributed by atoms with E-state index in [1.165, 1.54) is 12.1 Å². The van der Waals surface area contributed by atoms with E-state index < -0.39 is 5.91 Å². The van der Waals surface area contributed by atoms with Crippen LogP contribution in [0, 0.1) is 11.7 Å². The van der Waals surface area contributed by atoms with E-state index in [1.807, 2.05) is 0 Å². The lowest BCUT2D eigenvalue weighted by molar-refractivity contribution is -0.134. The van der Waals surface area contributed by atoms with Crippen molar-refractivity contribution < 1.29 is 18.7 Å². The van der Waals surface area contributed by atoms with Crippen LogP contribution in [0.5, 0.6) is 5.75 Å². The van der Waals surface area contributed by atoms with Crippen molar-refractivity contribution in [3.05, 3.63) is 30.1 Å². The fourth-order valence-corrected chi connectivity index (χ4v) is 2.59. The van der Waals surface area contributed by atoms with E-state index in [9.17, 15) is 14.0 Å². The first-order chi connectivity index (χ1) is 10.5. The molecule has 0 aliphatic carbocycles. The Morgan fingerprint density at radius 3 is 2.91 bits per heavy atom. The fraction of sp³-hybridized carbons (Fsp3) is 0.500. The van der Waals surface area contributed by atoms with Gasteiger partial charge in [0.1, 0.15) is 11.6 Å². The summed E-state index contributed by atoms with van der Waals surface area (Å²) in [6.45, 7) is 1.75. The van der Waals surface area contributed by atoms with E-state index >= 15 is 0 Å². The van der Waals surface area contributed by atoms with Gasteiger partial charge in [-0.3, -0.25) is 9.59 Å². The molecule has 5 nitrogen and oxygen atoms in total. The second-order valence-corrected chi connectivity index (χ2v) is 5.58. The molecular formula is C16H21FN2O3. The molecular weight excluding hydrogens is 287 g/mol. The van der Waals surface area contributed by atoms with Gasteiger partial charge in [-0.25, -0.2) is 4.39 Å². The van der Waals surface area contributed by atoms with Crippen LogP contribution in [0.1, 0.15) is 25.7 Å². The van der Waals surface area contributed by atoms with E-state index in [0.29, 0.717) is 25.4 Å². The van der Waals surface area contributed by atoms with Crippen molar-refractivity contribution in [1.29, 1.82) is 0 Å². The standard InChI is InChI=1S/C16H21FN2O3/c17-13-4-1-5-14(9-13)22-11-12-3-2-8-19(10-12)16(21)7-6-15(18)20/h1,4-5,9,12H,2-3,6-8,10-11H2,(H2,18,20). The molecule has 6 heteroatoms. The summed E-state index contributed by atoms with van der Waals surface area (Å²) < 4.78 is 18.7. The first kappa shape index (κ1) is 16.3. The molecule has 120 valence electrons. The van der Waals surface area contributed by atoms with E-state index in [0.717, 1.165) is 12.8 Å². The number of benzene rings is 1. The molecule has 1 atom stereocenters. The molecule has 1 saturated heterocycles. The summed E-state index contributed by atoms with van der Waals surface area (Å²) in [6.07, 6.45) is 2.11. The summed E-state index contributed by atoms with van der Waals surface area (Å²) in [5, 5.41) is 0. The molecule has 1 aromatic rings. The SMILES string of the molecule is NC(=O)CCC(=O)N1CCCC(COc2cccc(F)c2)C1. The molecule has 1 fully saturated rings. The van der Waals surface area contributed by atoms with Crippen LogP contribution >= 0.6 is 0 Å². The van der Waals surface area contributed by atoms with Gasteiger partial charge >= 0.3 is 0 Å². The molecule has 0 saturated carbocycles. The quantitative estimate of drug-likeness (QED) is 0.869. The van der Waals surface area contributed by atoms with Gasteiger partial charge in [0.2, 0.25) is 11.8 Å². The van der Waals surface area contributed by atoms with Gasteiger partial charge < -0.3 is 15.4 Å². The summed E-state index contributed by atoms with van der Waals surface area (Å²) in [4.78, 5) is 24.5. The zero-order valence-corrected chi connectivity index (χ0v) is 12.5. The molecule has 2 N–H and O–H groups in total. The summed E-state index contributed by atoms with van der Waals surface area (Å²) in [7, 11) is 0. The maximum absolute atomic E-state index is 13.1. The average molecular weight is 308 g/mol. The Hall–Kier alpha value is -2.11. The minimum absolute atomic E-state index is 0.0470. The third-order valence-electron chi connectivity index (χ3n) is 3.74. The number of hydrogen-bond donors (Lipinski definition) is 1. The maximum Gasteiger partial charge on any atom is 0.223 e. The molecule has 0 bridgehead atoms. The van der Waals surface area contributed by atoms with Gasteiger partial charge in [-0.05, 0) is 25.0 Å². The number of hydrogen-bond acceptors (Lipinski definition) is 3.